The SMILES string of the molecule is Cc1ccc(C(=O)Nc2noc(-c3ccc(C)cc3)c2-c2ccc(Cl)cc2)cc1. The third kappa shape index (κ3) is 4.08. The zero-order valence-electron chi connectivity index (χ0n) is 16.1. The molecule has 0 saturated carbocycles. The van der Waals surface area contributed by atoms with E-state index in [1.54, 1.807) is 24.3 Å². The number of rotatable bonds is 4. The van der Waals surface area contributed by atoms with Crippen molar-refractivity contribution in [3.05, 3.63) is 94.5 Å². The van der Waals surface area contributed by atoms with Crippen LogP contribution in [0.5, 0.6) is 0 Å². The Balaban J connectivity index is 1.77. The molecule has 4 nitrogen and oxygen atoms in total. The molecule has 0 unspecified atom stereocenters. The Bertz CT molecular complexity index is 1150. The van der Waals surface area contributed by atoms with Crippen LogP contribution < -0.4 is 5.32 Å². The molecule has 3 aromatic carbocycles. The molecule has 0 spiro atoms. The van der Waals surface area contributed by atoms with Crippen LogP contribution in [0.25, 0.3) is 22.5 Å². The van der Waals surface area contributed by atoms with Gasteiger partial charge in [0.15, 0.2) is 11.6 Å². The molecule has 1 heterocycles. The lowest BCUT2D eigenvalue weighted by atomic mass is 10.0. The molecule has 0 atom stereocenters. The molecule has 1 amide bonds. The number of nitrogens with one attached hydrogen (secondary N) is 1. The van der Waals surface area contributed by atoms with Crippen molar-refractivity contribution < 1.29 is 9.32 Å². The summed E-state index contributed by atoms with van der Waals surface area (Å²) in [6.45, 7) is 4.00. The van der Waals surface area contributed by atoms with Crippen LogP contribution in [0.4, 0.5) is 5.82 Å². The van der Waals surface area contributed by atoms with Gasteiger partial charge in [0.05, 0.1) is 5.56 Å². The fourth-order valence-electron chi connectivity index (χ4n) is 3.05. The third-order valence-electron chi connectivity index (χ3n) is 4.68. The zero-order valence-corrected chi connectivity index (χ0v) is 16.8. The highest BCUT2D eigenvalue weighted by molar-refractivity contribution is 6.30. The minimum Gasteiger partial charge on any atom is -0.353 e. The highest BCUT2D eigenvalue weighted by Crippen LogP contribution is 2.38. The highest BCUT2D eigenvalue weighted by Gasteiger charge is 2.21. The lowest BCUT2D eigenvalue weighted by molar-refractivity contribution is 0.102. The smallest absolute Gasteiger partial charge is 0.256 e. The number of carbonyl (C=O) groups is 1. The van der Waals surface area contributed by atoms with Crippen molar-refractivity contribution in [3.8, 4) is 22.5 Å². The van der Waals surface area contributed by atoms with E-state index in [9.17, 15) is 4.79 Å². The maximum absolute atomic E-state index is 12.7. The van der Waals surface area contributed by atoms with E-state index in [0.717, 1.165) is 22.3 Å². The summed E-state index contributed by atoms with van der Waals surface area (Å²) in [4.78, 5) is 12.7. The van der Waals surface area contributed by atoms with E-state index in [2.05, 4.69) is 10.5 Å². The van der Waals surface area contributed by atoms with E-state index < -0.39 is 0 Å². The Kier molecular flexibility index (Phi) is 5.19. The van der Waals surface area contributed by atoms with Gasteiger partial charge in [-0.05, 0) is 43.7 Å². The normalized spacial score (nSPS) is 10.7. The van der Waals surface area contributed by atoms with Crippen LogP contribution in [-0.4, -0.2) is 11.1 Å². The Labute approximate surface area is 174 Å². The molecule has 1 N–H and O–H groups in total. The highest BCUT2D eigenvalue weighted by atomic mass is 35.5. The van der Waals surface area contributed by atoms with E-state index in [0.29, 0.717) is 27.7 Å². The van der Waals surface area contributed by atoms with Gasteiger partial charge in [-0.2, -0.15) is 0 Å². The van der Waals surface area contributed by atoms with Crippen LogP contribution in [0.1, 0.15) is 21.5 Å². The summed E-state index contributed by atoms with van der Waals surface area (Å²) >= 11 is 6.06. The summed E-state index contributed by atoms with van der Waals surface area (Å²) in [5.41, 5.74) is 5.23. The van der Waals surface area contributed by atoms with Crippen molar-refractivity contribution >= 4 is 23.3 Å². The van der Waals surface area contributed by atoms with Gasteiger partial charge in [-0.3, -0.25) is 4.79 Å². The van der Waals surface area contributed by atoms with Crippen LogP contribution >= 0.6 is 11.6 Å². The van der Waals surface area contributed by atoms with Crippen molar-refractivity contribution in [3.63, 3.8) is 0 Å². The van der Waals surface area contributed by atoms with Gasteiger partial charge in [-0.15, -0.1) is 0 Å². The summed E-state index contributed by atoms with van der Waals surface area (Å²) in [5, 5.41) is 7.67. The van der Waals surface area contributed by atoms with Gasteiger partial charge >= 0.3 is 0 Å². The molecule has 29 heavy (non-hydrogen) atoms. The molecule has 0 fully saturated rings. The number of nitrogens with zero attached hydrogens (tertiary/aromatic N) is 1. The summed E-state index contributed by atoms with van der Waals surface area (Å²) in [6.07, 6.45) is 0. The molecule has 0 aliphatic rings. The van der Waals surface area contributed by atoms with E-state index in [-0.39, 0.29) is 5.91 Å². The van der Waals surface area contributed by atoms with Gasteiger partial charge in [0.1, 0.15) is 0 Å². The molecule has 1 aromatic heterocycles. The molecular formula is C24H19ClN2O2. The first kappa shape index (κ1) is 19.0. The average molecular weight is 403 g/mol. The van der Waals surface area contributed by atoms with Crippen molar-refractivity contribution in [2.24, 2.45) is 0 Å². The van der Waals surface area contributed by atoms with Crippen LogP contribution in [0.3, 0.4) is 0 Å². The molecule has 0 aliphatic heterocycles. The second kappa shape index (κ2) is 7.94. The first-order chi connectivity index (χ1) is 14.0. The second-order valence-electron chi connectivity index (χ2n) is 6.93. The molecule has 0 bridgehead atoms. The summed E-state index contributed by atoms with van der Waals surface area (Å²) in [6, 6.07) is 22.7. The number of amides is 1. The van der Waals surface area contributed by atoms with Gasteiger partial charge < -0.3 is 9.84 Å². The Morgan fingerprint density at radius 1 is 0.828 bits per heavy atom. The zero-order chi connectivity index (χ0) is 20.4. The molecular weight excluding hydrogens is 384 g/mol. The Hall–Kier alpha value is -3.37. The van der Waals surface area contributed by atoms with Crippen LogP contribution in [0, 0.1) is 13.8 Å². The third-order valence-corrected chi connectivity index (χ3v) is 4.94. The van der Waals surface area contributed by atoms with Gasteiger partial charge in [-0.25, -0.2) is 0 Å². The van der Waals surface area contributed by atoms with Gasteiger partial charge in [0, 0.05) is 16.1 Å². The van der Waals surface area contributed by atoms with Gasteiger partial charge in [0.2, 0.25) is 0 Å². The number of hydrogen-bond donors (Lipinski definition) is 1. The lowest BCUT2D eigenvalue weighted by Gasteiger charge is -2.07. The van der Waals surface area contributed by atoms with Crippen molar-refractivity contribution in [2.75, 3.05) is 5.32 Å². The number of aromatic nitrogens is 1. The van der Waals surface area contributed by atoms with E-state index in [4.69, 9.17) is 16.1 Å². The Morgan fingerprint density at radius 3 is 2.00 bits per heavy atom. The second-order valence-corrected chi connectivity index (χ2v) is 7.36. The monoisotopic (exact) mass is 402 g/mol. The standard InChI is InChI=1S/C24H19ClN2O2/c1-15-3-7-18(8-4-15)22-21(17-11-13-20(25)14-12-17)23(27-29-22)26-24(28)19-9-5-16(2)6-10-19/h3-14H,1-2H3,(H,26,27,28). The van der Waals surface area contributed by atoms with Gasteiger partial charge in [0.25, 0.3) is 5.91 Å². The first-order valence-corrected chi connectivity index (χ1v) is 9.60. The predicted octanol–water partition coefficient (Wildman–Crippen LogP) is 6.53. The molecule has 0 aliphatic carbocycles. The fraction of sp³-hybridized carbons (Fsp3) is 0.0833. The van der Waals surface area contributed by atoms with Gasteiger partial charge in [-0.1, -0.05) is 76.4 Å². The largest absolute Gasteiger partial charge is 0.353 e. The maximum Gasteiger partial charge on any atom is 0.256 e. The average Bonchev–Trinajstić information content (AvgIpc) is 3.13. The molecule has 4 rings (SSSR count). The lowest BCUT2D eigenvalue weighted by Crippen LogP contribution is -2.12. The molecule has 4 aromatic rings. The van der Waals surface area contributed by atoms with Crippen LogP contribution in [0.2, 0.25) is 5.02 Å². The topological polar surface area (TPSA) is 55.1 Å². The molecule has 0 saturated heterocycles. The number of hydrogen-bond acceptors (Lipinski definition) is 3. The maximum atomic E-state index is 12.7. The molecule has 144 valence electrons. The minimum absolute atomic E-state index is 0.246. The first-order valence-electron chi connectivity index (χ1n) is 9.22. The summed E-state index contributed by atoms with van der Waals surface area (Å²) < 4.78 is 5.66. The number of anilines is 1. The van der Waals surface area contributed by atoms with Crippen LogP contribution in [-0.2, 0) is 0 Å². The Morgan fingerprint density at radius 2 is 1.38 bits per heavy atom. The quantitative estimate of drug-likeness (QED) is 0.422. The molecule has 0 radical (unpaired) electrons. The number of benzene rings is 3. The minimum atomic E-state index is -0.246. The number of halogens is 1. The van der Waals surface area contributed by atoms with Crippen LogP contribution in [0.15, 0.2) is 77.3 Å². The predicted molar refractivity (Wildman–Crippen MR) is 116 cm³/mol. The van der Waals surface area contributed by atoms with E-state index in [1.807, 2.05) is 62.4 Å². The van der Waals surface area contributed by atoms with Crippen molar-refractivity contribution in [1.82, 2.24) is 5.16 Å². The van der Waals surface area contributed by atoms with E-state index >= 15 is 0 Å². The van der Waals surface area contributed by atoms with Crippen molar-refractivity contribution in [1.29, 1.82) is 0 Å². The summed E-state index contributed by atoms with van der Waals surface area (Å²) in [7, 11) is 0. The van der Waals surface area contributed by atoms with Crippen molar-refractivity contribution in [2.45, 2.75) is 13.8 Å². The summed E-state index contributed by atoms with van der Waals surface area (Å²) in [5.74, 6) is 0.712. The fourth-order valence-corrected chi connectivity index (χ4v) is 3.17. The molecule has 5 heteroatoms. The number of aryl methyl sites for hydroxylation is 2. The van der Waals surface area contributed by atoms with E-state index in [1.165, 1.54) is 0 Å². The number of carbonyl (C=O) groups excluding carboxylic acids is 1.